The number of rotatable bonds is 5. The fourth-order valence-electron chi connectivity index (χ4n) is 1.98. The molecule has 0 radical (unpaired) electrons. The van der Waals surface area contributed by atoms with Crippen LogP contribution in [0.2, 0.25) is 0 Å². The molecule has 0 aliphatic rings. The van der Waals surface area contributed by atoms with Crippen LogP contribution in [0, 0.1) is 0 Å². The Morgan fingerprint density at radius 3 is 2.67 bits per heavy atom. The average Bonchev–Trinajstić information content (AvgIpc) is 3.02. The predicted octanol–water partition coefficient (Wildman–Crippen LogP) is 2.23. The van der Waals surface area contributed by atoms with Gasteiger partial charge in [0.05, 0.1) is 6.54 Å². The summed E-state index contributed by atoms with van der Waals surface area (Å²) >= 11 is 1.15. The Labute approximate surface area is 126 Å². The van der Waals surface area contributed by atoms with Gasteiger partial charge >= 0.3 is 5.97 Å². The fraction of sp³-hybridized carbons (Fsp3) is 0.357. The van der Waals surface area contributed by atoms with Crippen molar-refractivity contribution >= 4 is 23.2 Å². The third kappa shape index (κ3) is 3.49. The van der Waals surface area contributed by atoms with Crippen LogP contribution in [0.5, 0.6) is 0 Å². The van der Waals surface area contributed by atoms with E-state index < -0.39 is 5.97 Å². The van der Waals surface area contributed by atoms with Crippen LogP contribution in [0.4, 0.5) is 0 Å². The van der Waals surface area contributed by atoms with Gasteiger partial charge in [-0.1, -0.05) is 13.8 Å². The van der Waals surface area contributed by atoms with E-state index in [4.69, 9.17) is 5.11 Å². The second kappa shape index (κ2) is 6.09. The third-order valence-electron chi connectivity index (χ3n) is 3.04. The summed E-state index contributed by atoms with van der Waals surface area (Å²) in [6.07, 6.45) is 0. The topological polar surface area (TPSA) is 84.2 Å². The second-order valence-corrected chi connectivity index (χ2v) is 6.15. The minimum Gasteiger partial charge on any atom is -0.477 e. The molecule has 2 heterocycles. The molecule has 0 aliphatic carbocycles. The van der Waals surface area contributed by atoms with Gasteiger partial charge in [-0.05, 0) is 24.1 Å². The fourth-order valence-corrected chi connectivity index (χ4v) is 2.77. The van der Waals surface area contributed by atoms with Crippen molar-refractivity contribution in [2.75, 3.05) is 0 Å². The number of carbonyl (C=O) groups is 2. The molecule has 0 aliphatic heterocycles. The van der Waals surface area contributed by atoms with Gasteiger partial charge in [0.2, 0.25) is 0 Å². The molecule has 0 spiro atoms. The number of amides is 1. The lowest BCUT2D eigenvalue weighted by Gasteiger charge is -2.02. The van der Waals surface area contributed by atoms with Crippen LogP contribution in [-0.2, 0) is 13.6 Å². The molecule has 2 aromatic rings. The van der Waals surface area contributed by atoms with Crippen LogP contribution < -0.4 is 5.32 Å². The summed E-state index contributed by atoms with van der Waals surface area (Å²) in [5.41, 5.74) is 1.36. The standard InChI is InChI=1S/C14H17N3O3S/c1-8(2)11-6-10(16-17(11)3)13(18)15-7-9-4-5-12(21-9)14(19)20/h4-6,8H,7H2,1-3H3,(H,15,18)(H,19,20). The van der Waals surface area contributed by atoms with Gasteiger partial charge in [0.15, 0.2) is 0 Å². The van der Waals surface area contributed by atoms with Crippen molar-refractivity contribution in [3.05, 3.63) is 39.3 Å². The zero-order valence-corrected chi connectivity index (χ0v) is 12.9. The van der Waals surface area contributed by atoms with E-state index >= 15 is 0 Å². The van der Waals surface area contributed by atoms with Crippen molar-refractivity contribution < 1.29 is 14.7 Å². The summed E-state index contributed by atoms with van der Waals surface area (Å²) in [4.78, 5) is 23.9. The summed E-state index contributed by atoms with van der Waals surface area (Å²) in [5, 5.41) is 15.8. The maximum Gasteiger partial charge on any atom is 0.345 e. The van der Waals surface area contributed by atoms with Crippen molar-refractivity contribution in [2.24, 2.45) is 7.05 Å². The van der Waals surface area contributed by atoms with Crippen molar-refractivity contribution in [1.29, 1.82) is 0 Å². The first-order valence-electron chi connectivity index (χ1n) is 6.52. The van der Waals surface area contributed by atoms with Gasteiger partial charge in [-0.2, -0.15) is 5.10 Å². The van der Waals surface area contributed by atoms with Crippen molar-refractivity contribution in [1.82, 2.24) is 15.1 Å². The highest BCUT2D eigenvalue weighted by Crippen LogP contribution is 2.17. The summed E-state index contributed by atoms with van der Waals surface area (Å²) in [5.74, 6) is -0.925. The molecule has 2 aromatic heterocycles. The van der Waals surface area contributed by atoms with Gasteiger partial charge < -0.3 is 10.4 Å². The predicted molar refractivity (Wildman–Crippen MR) is 79.7 cm³/mol. The lowest BCUT2D eigenvalue weighted by molar-refractivity contribution is 0.0702. The molecule has 0 saturated heterocycles. The number of nitrogens with zero attached hydrogens (tertiary/aromatic N) is 2. The minimum absolute atomic E-state index is 0.261. The van der Waals surface area contributed by atoms with Gasteiger partial charge in [0, 0.05) is 17.6 Å². The van der Waals surface area contributed by atoms with Crippen LogP contribution in [0.3, 0.4) is 0 Å². The highest BCUT2D eigenvalue weighted by molar-refractivity contribution is 7.13. The molecule has 0 aromatic carbocycles. The molecule has 0 atom stereocenters. The molecule has 0 fully saturated rings. The molecule has 0 unspecified atom stereocenters. The summed E-state index contributed by atoms with van der Waals surface area (Å²) in [6.45, 7) is 4.37. The Hall–Kier alpha value is -2.15. The van der Waals surface area contributed by atoms with E-state index in [2.05, 4.69) is 10.4 Å². The highest BCUT2D eigenvalue weighted by Gasteiger charge is 2.15. The van der Waals surface area contributed by atoms with Crippen LogP contribution in [0.15, 0.2) is 18.2 Å². The molecule has 1 amide bonds. The number of nitrogens with one attached hydrogen (secondary N) is 1. The SMILES string of the molecule is CC(C)c1cc(C(=O)NCc2ccc(C(=O)O)s2)nn1C. The molecule has 21 heavy (non-hydrogen) atoms. The number of carboxylic acid groups (broad SMARTS) is 1. The monoisotopic (exact) mass is 307 g/mol. The van der Waals surface area contributed by atoms with Crippen LogP contribution >= 0.6 is 11.3 Å². The van der Waals surface area contributed by atoms with Crippen LogP contribution in [-0.4, -0.2) is 26.8 Å². The van der Waals surface area contributed by atoms with E-state index in [9.17, 15) is 9.59 Å². The molecular formula is C14H17N3O3S. The number of aromatic nitrogens is 2. The number of hydrogen-bond donors (Lipinski definition) is 2. The summed E-state index contributed by atoms with van der Waals surface area (Å²) in [6, 6.07) is 5.01. The van der Waals surface area contributed by atoms with E-state index in [-0.39, 0.29) is 10.8 Å². The smallest absolute Gasteiger partial charge is 0.345 e. The Morgan fingerprint density at radius 2 is 2.14 bits per heavy atom. The minimum atomic E-state index is -0.955. The maximum atomic E-state index is 12.0. The van der Waals surface area contributed by atoms with Crippen LogP contribution in [0.25, 0.3) is 0 Å². The molecule has 0 saturated carbocycles. The lowest BCUT2D eigenvalue weighted by Crippen LogP contribution is -2.22. The van der Waals surface area contributed by atoms with Gasteiger partial charge in [-0.15, -0.1) is 11.3 Å². The van der Waals surface area contributed by atoms with Crippen molar-refractivity contribution in [3.63, 3.8) is 0 Å². The van der Waals surface area contributed by atoms with Gasteiger partial charge in [-0.3, -0.25) is 9.48 Å². The average molecular weight is 307 g/mol. The van der Waals surface area contributed by atoms with Crippen molar-refractivity contribution in [2.45, 2.75) is 26.3 Å². The number of aromatic carboxylic acids is 1. The molecule has 6 nitrogen and oxygen atoms in total. The largest absolute Gasteiger partial charge is 0.477 e. The van der Waals surface area contributed by atoms with Crippen LogP contribution in [0.1, 0.15) is 50.5 Å². The highest BCUT2D eigenvalue weighted by atomic mass is 32.1. The van der Waals surface area contributed by atoms with Crippen molar-refractivity contribution in [3.8, 4) is 0 Å². The quantitative estimate of drug-likeness (QED) is 0.887. The maximum absolute atomic E-state index is 12.0. The van der Waals surface area contributed by atoms with E-state index in [0.29, 0.717) is 18.2 Å². The molecular weight excluding hydrogens is 290 g/mol. The van der Waals surface area contributed by atoms with Gasteiger partial charge in [0.1, 0.15) is 10.6 Å². The molecule has 2 N–H and O–H groups in total. The Bertz CT molecular complexity index is 673. The van der Waals surface area contributed by atoms with E-state index in [0.717, 1.165) is 21.9 Å². The Kier molecular flexibility index (Phi) is 4.42. The van der Waals surface area contributed by atoms with E-state index in [1.165, 1.54) is 6.07 Å². The molecule has 112 valence electrons. The number of hydrogen-bond acceptors (Lipinski definition) is 4. The Balaban J connectivity index is 2.01. The number of thiophene rings is 1. The molecule has 0 bridgehead atoms. The summed E-state index contributed by atoms with van der Waals surface area (Å²) in [7, 11) is 1.81. The first kappa shape index (κ1) is 15.2. The summed E-state index contributed by atoms with van der Waals surface area (Å²) < 4.78 is 1.70. The number of carbonyl (C=O) groups excluding carboxylic acids is 1. The number of carboxylic acids is 1. The first-order chi connectivity index (χ1) is 9.88. The van der Waals surface area contributed by atoms with E-state index in [1.54, 1.807) is 16.8 Å². The zero-order valence-electron chi connectivity index (χ0n) is 12.1. The third-order valence-corrected chi connectivity index (χ3v) is 4.11. The molecule has 7 heteroatoms. The van der Waals surface area contributed by atoms with E-state index in [1.807, 2.05) is 20.9 Å². The normalized spacial score (nSPS) is 10.9. The zero-order chi connectivity index (χ0) is 15.6. The second-order valence-electron chi connectivity index (χ2n) is 4.99. The number of aryl methyl sites for hydroxylation is 1. The molecule has 2 rings (SSSR count). The first-order valence-corrected chi connectivity index (χ1v) is 7.34. The Morgan fingerprint density at radius 1 is 1.43 bits per heavy atom. The lowest BCUT2D eigenvalue weighted by atomic mass is 10.1. The van der Waals surface area contributed by atoms with Gasteiger partial charge in [0.25, 0.3) is 5.91 Å². The van der Waals surface area contributed by atoms with Gasteiger partial charge in [-0.25, -0.2) is 4.79 Å².